The molecule has 2 heterocycles. The van der Waals surface area contributed by atoms with Gasteiger partial charge in [0, 0.05) is 43.1 Å². The smallest absolute Gasteiger partial charge is 0.378 e. The highest BCUT2D eigenvalue weighted by Crippen LogP contribution is 2.41. The second-order valence-corrected chi connectivity index (χ2v) is 10.1. The van der Waals surface area contributed by atoms with Crippen LogP contribution in [0.1, 0.15) is 56.7 Å². The summed E-state index contributed by atoms with van der Waals surface area (Å²) in [4.78, 5) is 16.7. The molecule has 3 aromatic carbocycles. The van der Waals surface area contributed by atoms with E-state index in [0.717, 1.165) is 47.6 Å². The molecule has 0 bridgehead atoms. The van der Waals surface area contributed by atoms with Gasteiger partial charge in [-0.3, -0.25) is 4.79 Å². The van der Waals surface area contributed by atoms with Gasteiger partial charge in [0.25, 0.3) is 0 Å². The molecule has 0 spiro atoms. The van der Waals surface area contributed by atoms with Crippen LogP contribution in [0, 0.1) is 0 Å². The molecule has 0 aliphatic carbocycles. The number of nitrogens with one attached hydrogen (secondary N) is 1. The zero-order valence-electron chi connectivity index (χ0n) is 21.2. The number of hydrogen-bond donors (Lipinski definition) is 1. The molecule has 194 valence electrons. The minimum absolute atomic E-state index is 0.0274. The number of hydrogen-bond acceptors (Lipinski definition) is 3. The SMILES string of the molecule is CC(=O)N1c2ccc(-c3ccc(N4CCCCC4)cc3)cc2[C@@H](Nc2ccc(C(F)(F)F)cc2)C[C@H]1C. The minimum Gasteiger partial charge on any atom is -0.378 e. The van der Waals surface area contributed by atoms with Crippen LogP contribution in [0.15, 0.2) is 66.7 Å². The molecule has 4 nitrogen and oxygen atoms in total. The molecule has 0 aromatic heterocycles. The van der Waals surface area contributed by atoms with Gasteiger partial charge in [0.1, 0.15) is 0 Å². The first-order valence-electron chi connectivity index (χ1n) is 12.9. The number of rotatable bonds is 4. The van der Waals surface area contributed by atoms with E-state index in [9.17, 15) is 18.0 Å². The second-order valence-electron chi connectivity index (χ2n) is 10.1. The van der Waals surface area contributed by atoms with Crippen molar-refractivity contribution in [1.82, 2.24) is 0 Å². The molecule has 1 N–H and O–H groups in total. The van der Waals surface area contributed by atoms with Gasteiger partial charge < -0.3 is 15.1 Å². The summed E-state index contributed by atoms with van der Waals surface area (Å²) < 4.78 is 39.1. The van der Waals surface area contributed by atoms with E-state index in [1.165, 1.54) is 37.1 Å². The Morgan fingerprint density at radius 3 is 2.16 bits per heavy atom. The topological polar surface area (TPSA) is 35.6 Å². The van der Waals surface area contributed by atoms with Gasteiger partial charge in [-0.1, -0.05) is 18.2 Å². The van der Waals surface area contributed by atoms with Gasteiger partial charge in [0.05, 0.1) is 11.6 Å². The molecule has 1 fully saturated rings. The molecule has 1 amide bonds. The highest BCUT2D eigenvalue weighted by molar-refractivity contribution is 5.94. The summed E-state index contributed by atoms with van der Waals surface area (Å²) >= 11 is 0. The number of anilines is 3. The van der Waals surface area contributed by atoms with Crippen molar-refractivity contribution in [3.63, 3.8) is 0 Å². The summed E-state index contributed by atoms with van der Waals surface area (Å²) in [6, 6.07) is 19.7. The number of halogens is 3. The molecule has 37 heavy (non-hydrogen) atoms. The van der Waals surface area contributed by atoms with Crippen molar-refractivity contribution in [2.45, 2.75) is 57.8 Å². The van der Waals surface area contributed by atoms with Crippen LogP contribution < -0.4 is 15.1 Å². The number of benzene rings is 3. The number of carbonyl (C=O) groups excluding carboxylic acids is 1. The van der Waals surface area contributed by atoms with Crippen molar-refractivity contribution in [2.24, 2.45) is 0 Å². The highest BCUT2D eigenvalue weighted by Gasteiger charge is 2.33. The first-order valence-corrected chi connectivity index (χ1v) is 12.9. The molecule has 5 rings (SSSR count). The third kappa shape index (κ3) is 5.31. The molecule has 0 saturated carbocycles. The van der Waals surface area contributed by atoms with E-state index in [-0.39, 0.29) is 18.0 Å². The van der Waals surface area contributed by atoms with Crippen molar-refractivity contribution in [3.8, 4) is 11.1 Å². The van der Waals surface area contributed by atoms with Gasteiger partial charge in [-0.25, -0.2) is 0 Å². The Morgan fingerprint density at radius 1 is 0.892 bits per heavy atom. The van der Waals surface area contributed by atoms with Crippen molar-refractivity contribution in [3.05, 3.63) is 77.9 Å². The first kappa shape index (κ1) is 25.2. The lowest BCUT2D eigenvalue weighted by Gasteiger charge is -2.40. The number of fused-ring (bicyclic) bond motifs is 1. The summed E-state index contributed by atoms with van der Waals surface area (Å²) in [5.41, 5.74) is 5.11. The molecule has 2 atom stereocenters. The van der Waals surface area contributed by atoms with Crippen LogP contribution in [0.5, 0.6) is 0 Å². The molecular formula is C30H32F3N3O. The van der Waals surface area contributed by atoms with Crippen molar-refractivity contribution in [2.75, 3.05) is 28.2 Å². The van der Waals surface area contributed by atoms with Gasteiger partial charge >= 0.3 is 6.18 Å². The Morgan fingerprint density at radius 2 is 1.54 bits per heavy atom. The summed E-state index contributed by atoms with van der Waals surface area (Å²) in [5.74, 6) is -0.0274. The molecular weight excluding hydrogens is 475 g/mol. The average Bonchev–Trinajstić information content (AvgIpc) is 2.89. The van der Waals surface area contributed by atoms with Crippen LogP contribution >= 0.6 is 0 Å². The monoisotopic (exact) mass is 507 g/mol. The number of alkyl halides is 3. The fourth-order valence-electron chi connectivity index (χ4n) is 5.63. The number of piperidine rings is 1. The number of nitrogens with zero attached hydrogens (tertiary/aromatic N) is 2. The lowest BCUT2D eigenvalue weighted by molar-refractivity contribution is -0.137. The van der Waals surface area contributed by atoms with Crippen molar-refractivity contribution in [1.29, 1.82) is 0 Å². The van der Waals surface area contributed by atoms with E-state index in [0.29, 0.717) is 12.1 Å². The predicted octanol–water partition coefficient (Wildman–Crippen LogP) is 7.66. The van der Waals surface area contributed by atoms with Gasteiger partial charge in [-0.2, -0.15) is 13.2 Å². The number of carbonyl (C=O) groups is 1. The Bertz CT molecular complexity index is 1250. The zero-order chi connectivity index (χ0) is 26.2. The molecule has 0 unspecified atom stereocenters. The third-order valence-corrected chi connectivity index (χ3v) is 7.49. The lowest BCUT2D eigenvalue weighted by atomic mass is 9.88. The minimum atomic E-state index is -4.37. The van der Waals surface area contributed by atoms with Gasteiger partial charge in [0.15, 0.2) is 0 Å². The molecule has 2 aliphatic heterocycles. The lowest BCUT2D eigenvalue weighted by Crippen LogP contribution is -2.43. The highest BCUT2D eigenvalue weighted by atomic mass is 19.4. The summed E-state index contributed by atoms with van der Waals surface area (Å²) in [7, 11) is 0. The van der Waals surface area contributed by atoms with Crippen LogP contribution in [0.2, 0.25) is 0 Å². The van der Waals surface area contributed by atoms with Gasteiger partial charge in [-0.05, 0) is 97.8 Å². The summed E-state index contributed by atoms with van der Waals surface area (Å²) in [6.45, 7) is 5.75. The average molecular weight is 508 g/mol. The van der Waals surface area contributed by atoms with Crippen molar-refractivity contribution < 1.29 is 18.0 Å². The number of amides is 1. The van der Waals surface area contributed by atoms with Gasteiger partial charge in [0.2, 0.25) is 5.91 Å². The maximum Gasteiger partial charge on any atom is 0.416 e. The second kappa shape index (κ2) is 10.1. The van der Waals surface area contributed by atoms with E-state index in [1.807, 2.05) is 24.0 Å². The first-order chi connectivity index (χ1) is 17.7. The maximum absolute atomic E-state index is 13.0. The van der Waals surface area contributed by atoms with Crippen LogP contribution in [-0.2, 0) is 11.0 Å². The Hall–Kier alpha value is -3.48. The third-order valence-electron chi connectivity index (χ3n) is 7.49. The van der Waals surface area contributed by atoms with Crippen LogP contribution in [0.25, 0.3) is 11.1 Å². The Kier molecular flexibility index (Phi) is 6.88. The largest absolute Gasteiger partial charge is 0.416 e. The maximum atomic E-state index is 13.0. The quantitative estimate of drug-likeness (QED) is 0.394. The van der Waals surface area contributed by atoms with E-state index in [4.69, 9.17) is 0 Å². The molecule has 3 aromatic rings. The Labute approximate surface area is 216 Å². The van der Waals surface area contributed by atoms with E-state index < -0.39 is 11.7 Å². The van der Waals surface area contributed by atoms with Crippen molar-refractivity contribution >= 4 is 23.0 Å². The molecule has 7 heteroatoms. The normalized spacial score (nSPS) is 19.9. The predicted molar refractivity (Wildman–Crippen MR) is 143 cm³/mol. The molecule has 0 radical (unpaired) electrons. The van der Waals surface area contributed by atoms with Gasteiger partial charge in [-0.15, -0.1) is 0 Å². The Balaban J connectivity index is 1.45. The summed E-state index contributed by atoms with van der Waals surface area (Å²) in [5, 5.41) is 3.42. The molecule has 2 aliphatic rings. The van der Waals surface area contributed by atoms with Crippen LogP contribution in [-0.4, -0.2) is 25.0 Å². The summed E-state index contributed by atoms with van der Waals surface area (Å²) in [6.07, 6.45) is 0.0209. The van der Waals surface area contributed by atoms with E-state index in [2.05, 4.69) is 40.5 Å². The van der Waals surface area contributed by atoms with E-state index in [1.54, 1.807) is 6.92 Å². The van der Waals surface area contributed by atoms with E-state index >= 15 is 0 Å². The van der Waals surface area contributed by atoms with Crippen LogP contribution in [0.3, 0.4) is 0 Å². The standard InChI is InChI=1S/C30H32F3N3O/c1-20-18-28(34-25-11-9-24(10-12-25)30(31,32)33)27-19-23(8-15-29(27)36(20)21(2)37)22-6-13-26(14-7-22)35-16-4-3-5-17-35/h6-15,19-20,28,34H,3-5,16-18H2,1-2H3/t20-,28+/m1/s1. The van der Waals surface area contributed by atoms with Crippen LogP contribution in [0.4, 0.5) is 30.2 Å². The fraction of sp³-hybridized carbons (Fsp3) is 0.367. The molecule has 1 saturated heterocycles. The zero-order valence-corrected chi connectivity index (χ0v) is 21.2. The fourth-order valence-corrected chi connectivity index (χ4v) is 5.63.